The number of likely N-dealkylation sites (tertiary alicyclic amines) is 1. The monoisotopic (exact) mass is 253 g/mol. The van der Waals surface area contributed by atoms with E-state index in [1.54, 1.807) is 0 Å². The van der Waals surface area contributed by atoms with Crippen LogP contribution in [0.2, 0.25) is 0 Å². The third kappa shape index (κ3) is 2.87. The van der Waals surface area contributed by atoms with Gasteiger partial charge >= 0.3 is 5.97 Å². The van der Waals surface area contributed by atoms with Crippen molar-refractivity contribution in [3.8, 4) is 0 Å². The van der Waals surface area contributed by atoms with Gasteiger partial charge in [0.25, 0.3) is 0 Å². The molecule has 2 aliphatic rings. The number of nitrogens with zero attached hydrogens (tertiary/aromatic N) is 1. The summed E-state index contributed by atoms with van der Waals surface area (Å²) in [7, 11) is 0. The van der Waals surface area contributed by atoms with Crippen molar-refractivity contribution >= 4 is 5.97 Å². The Balaban J connectivity index is 1.87. The number of aliphatic carboxylic acids is 1. The second-order valence-corrected chi connectivity index (χ2v) is 6.46. The highest BCUT2D eigenvalue weighted by Gasteiger charge is 2.37. The second kappa shape index (κ2) is 5.60. The number of hydrogen-bond donors (Lipinski definition) is 1. The van der Waals surface area contributed by atoms with Crippen LogP contribution in [0.25, 0.3) is 0 Å². The van der Waals surface area contributed by atoms with Gasteiger partial charge in [-0.25, -0.2) is 0 Å². The van der Waals surface area contributed by atoms with Gasteiger partial charge in [0.15, 0.2) is 0 Å². The molecule has 2 rings (SSSR count). The first-order chi connectivity index (χ1) is 8.54. The SMILES string of the molecule is CC(C(=O)O)C(C)N1CCC2(CCCCC2)CC1. The van der Waals surface area contributed by atoms with E-state index in [1.165, 1.54) is 44.9 Å². The zero-order valence-electron chi connectivity index (χ0n) is 11.8. The van der Waals surface area contributed by atoms with Gasteiger partial charge in [-0.15, -0.1) is 0 Å². The highest BCUT2D eigenvalue weighted by atomic mass is 16.4. The predicted molar refractivity (Wildman–Crippen MR) is 72.6 cm³/mol. The third-order valence-electron chi connectivity index (χ3n) is 5.46. The average Bonchev–Trinajstić information content (AvgIpc) is 2.39. The minimum atomic E-state index is -0.666. The molecule has 1 aliphatic carbocycles. The van der Waals surface area contributed by atoms with Crippen LogP contribution in [-0.2, 0) is 4.79 Å². The first kappa shape index (κ1) is 13.9. The topological polar surface area (TPSA) is 40.5 Å². The summed E-state index contributed by atoms with van der Waals surface area (Å²) in [6.45, 7) is 6.09. The van der Waals surface area contributed by atoms with Crippen LogP contribution in [-0.4, -0.2) is 35.1 Å². The van der Waals surface area contributed by atoms with E-state index >= 15 is 0 Å². The first-order valence-corrected chi connectivity index (χ1v) is 7.51. The third-order valence-corrected chi connectivity index (χ3v) is 5.46. The molecule has 1 heterocycles. The van der Waals surface area contributed by atoms with Gasteiger partial charge in [-0.1, -0.05) is 26.2 Å². The summed E-state index contributed by atoms with van der Waals surface area (Å²) in [6, 6.07) is 0.170. The second-order valence-electron chi connectivity index (χ2n) is 6.46. The zero-order chi connectivity index (χ0) is 13.2. The van der Waals surface area contributed by atoms with E-state index in [0.29, 0.717) is 5.41 Å². The fourth-order valence-corrected chi connectivity index (χ4v) is 3.73. The van der Waals surface area contributed by atoms with E-state index in [9.17, 15) is 4.79 Å². The molecule has 2 fully saturated rings. The molecule has 0 radical (unpaired) electrons. The van der Waals surface area contributed by atoms with E-state index in [2.05, 4.69) is 11.8 Å². The number of piperidine rings is 1. The molecule has 0 aromatic carbocycles. The van der Waals surface area contributed by atoms with Crippen LogP contribution in [0, 0.1) is 11.3 Å². The lowest BCUT2D eigenvalue weighted by Gasteiger charge is -2.46. The van der Waals surface area contributed by atoms with Gasteiger partial charge < -0.3 is 5.11 Å². The lowest BCUT2D eigenvalue weighted by Crippen LogP contribution is -2.48. The van der Waals surface area contributed by atoms with Crippen LogP contribution >= 0.6 is 0 Å². The molecule has 0 amide bonds. The molecule has 0 bridgehead atoms. The summed E-state index contributed by atoms with van der Waals surface area (Å²) in [5.41, 5.74) is 0.612. The first-order valence-electron chi connectivity index (χ1n) is 7.51. The Kier molecular flexibility index (Phi) is 4.31. The van der Waals surface area contributed by atoms with Gasteiger partial charge in [-0.2, -0.15) is 0 Å². The standard InChI is InChI=1S/C15H27NO2/c1-12(14(17)18)13(2)16-10-8-15(9-11-16)6-4-3-5-7-15/h12-13H,3-11H2,1-2H3,(H,17,18). The lowest BCUT2D eigenvalue weighted by atomic mass is 9.68. The molecule has 2 atom stereocenters. The Morgan fingerprint density at radius 2 is 1.61 bits per heavy atom. The minimum absolute atomic E-state index is 0.170. The summed E-state index contributed by atoms with van der Waals surface area (Å²) in [5, 5.41) is 9.10. The highest BCUT2D eigenvalue weighted by Crippen LogP contribution is 2.44. The Bertz CT molecular complexity index is 287. The van der Waals surface area contributed by atoms with Crippen molar-refractivity contribution in [3.63, 3.8) is 0 Å². The van der Waals surface area contributed by atoms with Crippen LogP contribution in [0.4, 0.5) is 0 Å². The van der Waals surface area contributed by atoms with Gasteiger partial charge in [-0.05, 0) is 51.1 Å². The molecule has 1 saturated heterocycles. The number of hydrogen-bond acceptors (Lipinski definition) is 2. The molecule has 0 aromatic heterocycles. The maximum atomic E-state index is 11.1. The van der Waals surface area contributed by atoms with Crippen molar-refractivity contribution in [2.24, 2.45) is 11.3 Å². The lowest BCUT2D eigenvalue weighted by molar-refractivity contribution is -0.143. The maximum absolute atomic E-state index is 11.1. The number of carbonyl (C=O) groups is 1. The van der Waals surface area contributed by atoms with Crippen LogP contribution in [0.15, 0.2) is 0 Å². The van der Waals surface area contributed by atoms with Crippen molar-refractivity contribution < 1.29 is 9.90 Å². The summed E-state index contributed by atoms with van der Waals surface area (Å²) in [5.74, 6) is -0.925. The number of carboxylic acid groups (broad SMARTS) is 1. The maximum Gasteiger partial charge on any atom is 0.307 e. The Labute approximate surface area is 111 Å². The van der Waals surface area contributed by atoms with E-state index in [1.807, 2.05) is 6.92 Å². The molecule has 2 unspecified atom stereocenters. The summed E-state index contributed by atoms with van der Waals surface area (Å²) < 4.78 is 0. The van der Waals surface area contributed by atoms with Gasteiger partial charge in [0.1, 0.15) is 0 Å². The fourth-order valence-electron chi connectivity index (χ4n) is 3.73. The molecule has 1 N–H and O–H groups in total. The van der Waals surface area contributed by atoms with Crippen molar-refractivity contribution in [3.05, 3.63) is 0 Å². The average molecular weight is 253 g/mol. The number of carboxylic acids is 1. The van der Waals surface area contributed by atoms with Crippen molar-refractivity contribution in [1.29, 1.82) is 0 Å². The normalized spacial score (nSPS) is 27.9. The minimum Gasteiger partial charge on any atom is -0.481 e. The summed E-state index contributed by atoms with van der Waals surface area (Å²) in [4.78, 5) is 13.4. The van der Waals surface area contributed by atoms with E-state index < -0.39 is 5.97 Å². The van der Waals surface area contributed by atoms with Crippen LogP contribution in [0.1, 0.15) is 58.8 Å². The summed E-state index contributed by atoms with van der Waals surface area (Å²) in [6.07, 6.45) is 9.60. The van der Waals surface area contributed by atoms with Gasteiger partial charge in [0.05, 0.1) is 5.92 Å². The van der Waals surface area contributed by atoms with E-state index in [4.69, 9.17) is 5.11 Å². The zero-order valence-corrected chi connectivity index (χ0v) is 11.8. The largest absolute Gasteiger partial charge is 0.481 e. The molecule has 3 heteroatoms. The summed E-state index contributed by atoms with van der Waals surface area (Å²) >= 11 is 0. The molecule has 3 nitrogen and oxygen atoms in total. The molecule has 1 spiro atoms. The molecule has 1 saturated carbocycles. The van der Waals surface area contributed by atoms with Crippen LogP contribution < -0.4 is 0 Å². The molecule has 104 valence electrons. The molecular weight excluding hydrogens is 226 g/mol. The van der Waals surface area contributed by atoms with Gasteiger partial charge in [0.2, 0.25) is 0 Å². The van der Waals surface area contributed by atoms with Crippen molar-refractivity contribution in [1.82, 2.24) is 4.90 Å². The van der Waals surface area contributed by atoms with E-state index in [0.717, 1.165) is 13.1 Å². The quantitative estimate of drug-likeness (QED) is 0.840. The van der Waals surface area contributed by atoms with Crippen LogP contribution in [0.3, 0.4) is 0 Å². The van der Waals surface area contributed by atoms with E-state index in [-0.39, 0.29) is 12.0 Å². The molecular formula is C15H27NO2. The van der Waals surface area contributed by atoms with Crippen molar-refractivity contribution in [2.75, 3.05) is 13.1 Å². The van der Waals surface area contributed by atoms with Crippen molar-refractivity contribution in [2.45, 2.75) is 64.8 Å². The molecule has 1 aliphatic heterocycles. The number of rotatable bonds is 3. The van der Waals surface area contributed by atoms with Gasteiger partial charge in [-0.3, -0.25) is 9.69 Å². The Morgan fingerprint density at radius 1 is 1.06 bits per heavy atom. The fraction of sp³-hybridized carbons (Fsp3) is 0.933. The highest BCUT2D eigenvalue weighted by molar-refractivity contribution is 5.70. The molecule has 18 heavy (non-hydrogen) atoms. The smallest absolute Gasteiger partial charge is 0.307 e. The predicted octanol–water partition coefficient (Wildman–Crippen LogP) is 3.14. The Morgan fingerprint density at radius 3 is 2.11 bits per heavy atom. The van der Waals surface area contributed by atoms with Crippen LogP contribution in [0.5, 0.6) is 0 Å². The Hall–Kier alpha value is -0.570. The van der Waals surface area contributed by atoms with Gasteiger partial charge in [0, 0.05) is 6.04 Å². The molecule has 0 aromatic rings.